The number of amides is 2. The Kier molecular flexibility index (Phi) is 5.39. The zero-order valence-electron chi connectivity index (χ0n) is 18.1. The van der Waals surface area contributed by atoms with Gasteiger partial charge in [-0.25, -0.2) is 9.78 Å². The number of carbonyl (C=O) groups excluding carboxylic acids is 2. The fraction of sp³-hybridized carbons (Fsp3) is 0.348. The van der Waals surface area contributed by atoms with Crippen LogP contribution in [0.5, 0.6) is 0 Å². The highest BCUT2D eigenvalue weighted by Gasteiger charge is 2.31. The molecule has 1 aliphatic rings. The number of halogens is 1. The summed E-state index contributed by atoms with van der Waals surface area (Å²) < 4.78 is 7.38. The quantitative estimate of drug-likeness (QED) is 0.589. The van der Waals surface area contributed by atoms with Crippen LogP contribution in [0.25, 0.3) is 22.4 Å². The molecule has 2 heterocycles. The van der Waals surface area contributed by atoms with Crippen molar-refractivity contribution in [3.05, 3.63) is 47.5 Å². The van der Waals surface area contributed by atoms with Crippen LogP contribution in [0.2, 0.25) is 5.02 Å². The maximum atomic E-state index is 12.8. The highest BCUT2D eigenvalue weighted by atomic mass is 35.5. The Hall–Kier alpha value is -3.06. The van der Waals surface area contributed by atoms with E-state index in [0.717, 1.165) is 28.1 Å². The number of aromatic nitrogens is 2. The molecule has 2 aromatic carbocycles. The van der Waals surface area contributed by atoms with Gasteiger partial charge in [-0.05, 0) is 51.1 Å². The highest BCUT2D eigenvalue weighted by molar-refractivity contribution is 6.33. The maximum Gasteiger partial charge on any atom is 0.410 e. The number of piperazine rings is 1. The molecular weight excluding hydrogens is 416 g/mol. The maximum absolute atomic E-state index is 12.8. The van der Waals surface area contributed by atoms with Gasteiger partial charge in [-0.3, -0.25) is 9.69 Å². The molecule has 0 N–H and O–H groups in total. The topological polar surface area (TPSA) is 67.7 Å². The molecule has 8 heteroatoms. The number of benzene rings is 2. The third kappa shape index (κ3) is 4.23. The van der Waals surface area contributed by atoms with Gasteiger partial charge in [0.15, 0.2) is 0 Å². The van der Waals surface area contributed by atoms with E-state index in [9.17, 15) is 9.59 Å². The Bertz CT molecular complexity index is 1170. The summed E-state index contributed by atoms with van der Waals surface area (Å²) in [6, 6.07) is 13.3. The molecule has 3 aromatic rings. The first kappa shape index (κ1) is 21.2. The standard InChI is InChI=1S/C23H25ClN4O3/c1-23(2,3)31-22(30)27-11-12-28(20(29)14-27)15-9-10-17(24)16(13-15)21-25-18-7-5-6-8-19(18)26(21)4/h5-10,13H,11-12,14H2,1-4H3. The van der Waals surface area contributed by atoms with E-state index in [2.05, 4.69) is 0 Å². The second-order valence-electron chi connectivity index (χ2n) is 8.59. The molecule has 0 saturated carbocycles. The van der Waals surface area contributed by atoms with Gasteiger partial charge >= 0.3 is 6.09 Å². The van der Waals surface area contributed by atoms with E-state index < -0.39 is 11.7 Å². The molecule has 0 unspecified atom stereocenters. The number of ether oxygens (including phenoxy) is 1. The van der Waals surface area contributed by atoms with Crippen LogP contribution in [0.4, 0.5) is 10.5 Å². The van der Waals surface area contributed by atoms with Gasteiger partial charge in [-0.1, -0.05) is 23.7 Å². The first-order valence-corrected chi connectivity index (χ1v) is 10.5. The van der Waals surface area contributed by atoms with Crippen molar-refractivity contribution >= 4 is 40.3 Å². The van der Waals surface area contributed by atoms with Gasteiger partial charge in [-0.15, -0.1) is 0 Å². The summed E-state index contributed by atoms with van der Waals surface area (Å²) in [6.45, 7) is 6.16. The van der Waals surface area contributed by atoms with Crippen molar-refractivity contribution in [1.82, 2.24) is 14.5 Å². The smallest absolute Gasteiger partial charge is 0.410 e. The molecule has 2 amide bonds. The second-order valence-corrected chi connectivity index (χ2v) is 9.00. The number of nitrogens with zero attached hydrogens (tertiary/aromatic N) is 4. The second kappa shape index (κ2) is 7.89. The van der Waals surface area contributed by atoms with Crippen LogP contribution in [0.3, 0.4) is 0 Å². The number of para-hydroxylation sites is 2. The van der Waals surface area contributed by atoms with Crippen LogP contribution < -0.4 is 4.90 Å². The van der Waals surface area contributed by atoms with Crippen LogP contribution in [0.15, 0.2) is 42.5 Å². The van der Waals surface area contributed by atoms with E-state index in [4.69, 9.17) is 21.3 Å². The summed E-state index contributed by atoms with van der Waals surface area (Å²) >= 11 is 6.51. The van der Waals surface area contributed by atoms with Crippen molar-refractivity contribution in [2.45, 2.75) is 26.4 Å². The first-order valence-electron chi connectivity index (χ1n) is 10.1. The number of hydrogen-bond donors (Lipinski definition) is 0. The predicted molar refractivity (Wildman–Crippen MR) is 121 cm³/mol. The molecule has 31 heavy (non-hydrogen) atoms. The lowest BCUT2D eigenvalue weighted by Crippen LogP contribution is -2.53. The lowest BCUT2D eigenvalue weighted by atomic mass is 10.1. The molecule has 162 valence electrons. The molecule has 1 saturated heterocycles. The Morgan fingerprint density at radius 1 is 1.13 bits per heavy atom. The van der Waals surface area contributed by atoms with Crippen molar-refractivity contribution in [2.75, 3.05) is 24.5 Å². The van der Waals surface area contributed by atoms with Gasteiger partial charge in [-0.2, -0.15) is 0 Å². The largest absolute Gasteiger partial charge is 0.444 e. The minimum absolute atomic E-state index is 0.0286. The minimum atomic E-state index is -0.603. The SMILES string of the molecule is Cn1c(-c2cc(N3CCN(C(=O)OC(C)(C)C)CC3=O)ccc2Cl)nc2ccccc21. The number of aryl methyl sites for hydroxylation is 1. The first-order chi connectivity index (χ1) is 14.6. The molecule has 0 radical (unpaired) electrons. The van der Waals surface area contributed by atoms with Gasteiger partial charge in [0, 0.05) is 31.4 Å². The summed E-state index contributed by atoms with van der Waals surface area (Å²) in [6.07, 6.45) is -0.475. The van der Waals surface area contributed by atoms with Crippen LogP contribution in [-0.4, -0.2) is 51.7 Å². The molecule has 1 fully saturated rings. The van der Waals surface area contributed by atoms with Crippen molar-refractivity contribution in [3.63, 3.8) is 0 Å². The lowest BCUT2D eigenvalue weighted by molar-refractivity contribution is -0.121. The Morgan fingerprint density at radius 3 is 2.55 bits per heavy atom. The minimum Gasteiger partial charge on any atom is -0.444 e. The van der Waals surface area contributed by atoms with Crippen molar-refractivity contribution in [1.29, 1.82) is 0 Å². The molecule has 0 aliphatic carbocycles. The Morgan fingerprint density at radius 2 is 1.87 bits per heavy atom. The van der Waals surface area contributed by atoms with E-state index in [0.29, 0.717) is 18.1 Å². The average Bonchev–Trinajstić information content (AvgIpc) is 3.04. The third-order valence-corrected chi connectivity index (χ3v) is 5.49. The van der Waals surface area contributed by atoms with Crippen molar-refractivity contribution < 1.29 is 14.3 Å². The zero-order valence-corrected chi connectivity index (χ0v) is 18.8. The summed E-state index contributed by atoms with van der Waals surface area (Å²) in [5.74, 6) is 0.559. The fourth-order valence-electron chi connectivity index (χ4n) is 3.67. The zero-order chi connectivity index (χ0) is 22.3. The molecule has 0 spiro atoms. The molecule has 4 rings (SSSR count). The number of fused-ring (bicyclic) bond motifs is 1. The van der Waals surface area contributed by atoms with E-state index in [1.54, 1.807) is 31.7 Å². The van der Waals surface area contributed by atoms with Crippen molar-refractivity contribution in [3.8, 4) is 11.4 Å². The number of imidazole rings is 1. The number of hydrogen-bond acceptors (Lipinski definition) is 4. The third-order valence-electron chi connectivity index (χ3n) is 5.16. The van der Waals surface area contributed by atoms with Gasteiger partial charge in [0.25, 0.3) is 0 Å². The van der Waals surface area contributed by atoms with Crippen LogP contribution >= 0.6 is 11.6 Å². The predicted octanol–water partition coefficient (Wildman–Crippen LogP) is 4.48. The van der Waals surface area contributed by atoms with E-state index in [1.807, 2.05) is 48.0 Å². The van der Waals surface area contributed by atoms with E-state index >= 15 is 0 Å². The lowest BCUT2D eigenvalue weighted by Gasteiger charge is -2.35. The number of anilines is 1. The highest BCUT2D eigenvalue weighted by Crippen LogP contribution is 2.33. The van der Waals surface area contributed by atoms with Gasteiger partial charge in [0.1, 0.15) is 18.0 Å². The van der Waals surface area contributed by atoms with Crippen LogP contribution in [-0.2, 0) is 16.6 Å². The summed E-state index contributed by atoms with van der Waals surface area (Å²) in [5.41, 5.74) is 2.75. The average molecular weight is 441 g/mol. The molecule has 1 aliphatic heterocycles. The van der Waals surface area contributed by atoms with Gasteiger partial charge in [0.2, 0.25) is 5.91 Å². The van der Waals surface area contributed by atoms with Crippen LogP contribution in [0, 0.1) is 0 Å². The molecule has 0 bridgehead atoms. The number of rotatable bonds is 2. The van der Waals surface area contributed by atoms with Gasteiger partial charge in [0.05, 0.1) is 16.1 Å². The summed E-state index contributed by atoms with van der Waals surface area (Å²) in [5, 5.41) is 0.557. The van der Waals surface area contributed by atoms with Gasteiger partial charge < -0.3 is 14.2 Å². The van der Waals surface area contributed by atoms with Crippen LogP contribution in [0.1, 0.15) is 20.8 Å². The van der Waals surface area contributed by atoms with E-state index in [1.165, 1.54) is 4.90 Å². The van der Waals surface area contributed by atoms with Crippen molar-refractivity contribution in [2.24, 2.45) is 7.05 Å². The fourth-order valence-corrected chi connectivity index (χ4v) is 3.87. The summed E-state index contributed by atoms with van der Waals surface area (Å²) in [4.78, 5) is 33.0. The Labute approximate surface area is 186 Å². The molecule has 7 nitrogen and oxygen atoms in total. The molecule has 0 atom stereocenters. The Balaban J connectivity index is 1.60. The van der Waals surface area contributed by atoms with E-state index in [-0.39, 0.29) is 12.5 Å². The monoisotopic (exact) mass is 440 g/mol. The molecular formula is C23H25ClN4O3. The summed E-state index contributed by atoms with van der Waals surface area (Å²) in [7, 11) is 1.94. The normalized spacial score (nSPS) is 14.9. The molecule has 1 aromatic heterocycles. The number of carbonyl (C=O) groups is 2.